The van der Waals surface area contributed by atoms with E-state index in [1.165, 1.54) is 10.9 Å². The third-order valence-electron chi connectivity index (χ3n) is 4.81. The van der Waals surface area contributed by atoms with Crippen molar-refractivity contribution in [2.45, 2.75) is 18.5 Å². The van der Waals surface area contributed by atoms with Gasteiger partial charge in [-0.2, -0.15) is 0 Å². The van der Waals surface area contributed by atoms with Crippen molar-refractivity contribution >= 4 is 17.0 Å². The molecule has 2 aromatic heterocycles. The SMILES string of the molecule is O=C1OCC2Cc3c([nH]c4ccccc34)C(c3ccccn3)N12. The van der Waals surface area contributed by atoms with Gasteiger partial charge in [-0.05, 0) is 30.2 Å². The van der Waals surface area contributed by atoms with Gasteiger partial charge >= 0.3 is 6.09 Å². The molecule has 1 fully saturated rings. The first kappa shape index (κ1) is 12.7. The number of cyclic esters (lactones) is 1. The van der Waals surface area contributed by atoms with Gasteiger partial charge in [0.1, 0.15) is 12.6 Å². The van der Waals surface area contributed by atoms with Crippen molar-refractivity contribution in [3.8, 4) is 0 Å². The van der Waals surface area contributed by atoms with Gasteiger partial charge in [0, 0.05) is 22.8 Å². The molecule has 4 heterocycles. The van der Waals surface area contributed by atoms with Gasteiger partial charge in [0.05, 0.1) is 11.7 Å². The van der Waals surface area contributed by atoms with E-state index in [1.54, 1.807) is 6.20 Å². The number of pyridine rings is 1. The van der Waals surface area contributed by atoms with Crippen LogP contribution in [0.2, 0.25) is 0 Å². The fraction of sp³-hybridized carbons (Fsp3) is 0.222. The Bertz CT molecular complexity index is 903. The average molecular weight is 305 g/mol. The average Bonchev–Trinajstić information content (AvgIpc) is 3.15. The van der Waals surface area contributed by atoms with Gasteiger partial charge in [-0.1, -0.05) is 24.3 Å². The highest BCUT2D eigenvalue weighted by atomic mass is 16.6. The number of nitrogens with one attached hydrogen (secondary N) is 1. The van der Waals surface area contributed by atoms with E-state index in [1.807, 2.05) is 29.2 Å². The second kappa shape index (κ2) is 4.59. The number of aromatic nitrogens is 2. The number of carbonyl (C=O) groups is 1. The van der Waals surface area contributed by atoms with E-state index < -0.39 is 0 Å². The number of hydrogen-bond acceptors (Lipinski definition) is 3. The molecule has 2 aliphatic heterocycles. The zero-order valence-electron chi connectivity index (χ0n) is 12.4. The van der Waals surface area contributed by atoms with Gasteiger partial charge < -0.3 is 9.72 Å². The fourth-order valence-electron chi connectivity index (χ4n) is 3.82. The standard InChI is InChI=1S/C18H15N3O2/c22-18-21-11(10-23-18)9-13-12-5-1-2-6-14(12)20-16(13)17(21)15-7-3-4-8-19-15/h1-8,11,17,20H,9-10H2. The zero-order chi connectivity index (χ0) is 15.4. The highest BCUT2D eigenvalue weighted by Gasteiger charge is 2.45. The number of ether oxygens (including phenoxy) is 1. The number of amides is 1. The molecule has 0 radical (unpaired) electrons. The van der Waals surface area contributed by atoms with Crippen molar-refractivity contribution in [3.05, 3.63) is 65.6 Å². The van der Waals surface area contributed by atoms with Gasteiger partial charge in [0.2, 0.25) is 0 Å². The summed E-state index contributed by atoms with van der Waals surface area (Å²) < 4.78 is 5.31. The van der Waals surface area contributed by atoms with Crippen LogP contribution in [-0.2, 0) is 11.2 Å². The maximum atomic E-state index is 12.3. The molecule has 5 nitrogen and oxygen atoms in total. The summed E-state index contributed by atoms with van der Waals surface area (Å²) in [5.41, 5.74) is 4.30. The molecule has 1 N–H and O–H groups in total. The summed E-state index contributed by atoms with van der Waals surface area (Å²) >= 11 is 0. The van der Waals surface area contributed by atoms with Crippen molar-refractivity contribution in [3.63, 3.8) is 0 Å². The molecule has 1 amide bonds. The largest absolute Gasteiger partial charge is 0.447 e. The van der Waals surface area contributed by atoms with Gasteiger partial charge in [-0.25, -0.2) is 4.79 Å². The molecular formula is C18H15N3O2. The molecule has 23 heavy (non-hydrogen) atoms. The van der Waals surface area contributed by atoms with E-state index >= 15 is 0 Å². The molecule has 5 heteroatoms. The maximum Gasteiger partial charge on any atom is 0.411 e. The summed E-state index contributed by atoms with van der Waals surface area (Å²) in [4.78, 5) is 22.1. The van der Waals surface area contributed by atoms with Crippen molar-refractivity contribution in [2.75, 3.05) is 6.61 Å². The molecule has 0 aliphatic carbocycles. The Balaban J connectivity index is 1.78. The molecule has 2 unspecified atom stereocenters. The predicted molar refractivity (Wildman–Crippen MR) is 85.1 cm³/mol. The lowest BCUT2D eigenvalue weighted by atomic mass is 9.91. The van der Waals surface area contributed by atoms with Crippen molar-refractivity contribution in [1.29, 1.82) is 0 Å². The van der Waals surface area contributed by atoms with Crippen LogP contribution < -0.4 is 0 Å². The number of H-pyrrole nitrogens is 1. The molecule has 1 saturated heterocycles. The van der Waals surface area contributed by atoms with E-state index in [0.29, 0.717) is 6.61 Å². The summed E-state index contributed by atoms with van der Waals surface area (Å²) in [5, 5.41) is 1.22. The number of hydrogen-bond donors (Lipinski definition) is 1. The maximum absolute atomic E-state index is 12.3. The molecule has 114 valence electrons. The smallest absolute Gasteiger partial charge is 0.411 e. The summed E-state index contributed by atoms with van der Waals surface area (Å²) in [6.07, 6.45) is 2.33. The minimum Gasteiger partial charge on any atom is -0.447 e. The van der Waals surface area contributed by atoms with Crippen LogP contribution in [-0.4, -0.2) is 33.6 Å². The number of nitrogens with zero attached hydrogens (tertiary/aromatic N) is 2. The monoisotopic (exact) mass is 305 g/mol. The van der Waals surface area contributed by atoms with E-state index in [2.05, 4.69) is 28.2 Å². The van der Waals surface area contributed by atoms with Crippen molar-refractivity contribution < 1.29 is 9.53 Å². The van der Waals surface area contributed by atoms with Gasteiger partial charge in [-0.15, -0.1) is 0 Å². The van der Waals surface area contributed by atoms with E-state index in [-0.39, 0.29) is 18.2 Å². The molecule has 5 rings (SSSR count). The third-order valence-corrected chi connectivity index (χ3v) is 4.81. The van der Waals surface area contributed by atoms with Crippen molar-refractivity contribution in [1.82, 2.24) is 14.9 Å². The fourth-order valence-corrected chi connectivity index (χ4v) is 3.82. The van der Waals surface area contributed by atoms with Crippen LogP contribution in [0.5, 0.6) is 0 Å². The van der Waals surface area contributed by atoms with Crippen molar-refractivity contribution in [2.24, 2.45) is 0 Å². The normalized spacial score (nSPS) is 22.8. The Labute approximate surface area is 132 Å². The first-order chi connectivity index (χ1) is 11.3. The Morgan fingerprint density at radius 2 is 2.04 bits per heavy atom. The summed E-state index contributed by atoms with van der Waals surface area (Å²) in [6.45, 7) is 0.446. The molecule has 0 bridgehead atoms. The van der Waals surface area contributed by atoms with Crippen LogP contribution in [0.3, 0.4) is 0 Å². The van der Waals surface area contributed by atoms with Crippen LogP contribution in [0.1, 0.15) is 23.0 Å². The topological polar surface area (TPSA) is 58.2 Å². The molecular weight excluding hydrogens is 290 g/mol. The van der Waals surface area contributed by atoms with E-state index in [0.717, 1.165) is 23.3 Å². The molecule has 0 saturated carbocycles. The molecule has 2 aliphatic rings. The lowest BCUT2D eigenvalue weighted by Crippen LogP contribution is -2.43. The van der Waals surface area contributed by atoms with Crippen LogP contribution in [0.15, 0.2) is 48.7 Å². The van der Waals surface area contributed by atoms with Gasteiger partial charge in [-0.3, -0.25) is 9.88 Å². The Morgan fingerprint density at radius 3 is 2.91 bits per heavy atom. The molecule has 1 aromatic carbocycles. The van der Waals surface area contributed by atoms with Crippen LogP contribution >= 0.6 is 0 Å². The highest BCUT2D eigenvalue weighted by molar-refractivity contribution is 5.86. The number of rotatable bonds is 1. The number of para-hydroxylation sites is 1. The Kier molecular flexibility index (Phi) is 2.53. The summed E-state index contributed by atoms with van der Waals surface area (Å²) in [6, 6.07) is 13.9. The first-order valence-corrected chi connectivity index (χ1v) is 7.78. The lowest BCUT2D eigenvalue weighted by Gasteiger charge is -2.34. The Morgan fingerprint density at radius 1 is 1.17 bits per heavy atom. The third kappa shape index (κ3) is 1.73. The number of carbonyl (C=O) groups excluding carboxylic acids is 1. The van der Waals surface area contributed by atoms with Crippen LogP contribution in [0, 0.1) is 0 Å². The van der Waals surface area contributed by atoms with Gasteiger partial charge in [0.25, 0.3) is 0 Å². The zero-order valence-corrected chi connectivity index (χ0v) is 12.4. The quantitative estimate of drug-likeness (QED) is 0.752. The van der Waals surface area contributed by atoms with Crippen LogP contribution in [0.25, 0.3) is 10.9 Å². The second-order valence-electron chi connectivity index (χ2n) is 6.06. The Hall–Kier alpha value is -2.82. The van der Waals surface area contributed by atoms with Gasteiger partial charge in [0.15, 0.2) is 0 Å². The second-order valence-corrected chi connectivity index (χ2v) is 6.06. The summed E-state index contributed by atoms with van der Waals surface area (Å²) in [7, 11) is 0. The minimum absolute atomic E-state index is 0.0706. The summed E-state index contributed by atoms with van der Waals surface area (Å²) in [5.74, 6) is 0. The van der Waals surface area contributed by atoms with E-state index in [9.17, 15) is 4.79 Å². The number of aromatic amines is 1. The number of benzene rings is 1. The predicted octanol–water partition coefficient (Wildman–Crippen LogP) is 3.03. The minimum atomic E-state index is -0.255. The molecule has 0 spiro atoms. The lowest BCUT2D eigenvalue weighted by molar-refractivity contribution is 0.146. The first-order valence-electron chi connectivity index (χ1n) is 7.78. The molecule has 2 atom stereocenters. The molecule has 3 aromatic rings. The van der Waals surface area contributed by atoms with E-state index in [4.69, 9.17) is 4.74 Å². The van der Waals surface area contributed by atoms with Crippen LogP contribution in [0.4, 0.5) is 4.79 Å². The highest BCUT2D eigenvalue weighted by Crippen LogP contribution is 2.42. The number of fused-ring (bicyclic) bond motifs is 4.